The van der Waals surface area contributed by atoms with Crippen LogP contribution in [0.3, 0.4) is 0 Å². The molecule has 0 atom stereocenters. The molecule has 6 heteroatoms. The monoisotopic (exact) mass is 293 g/mol. The molecule has 0 fully saturated rings. The molecule has 1 aromatic rings. The summed E-state index contributed by atoms with van der Waals surface area (Å²) in [5.74, 6) is 2.05. The van der Waals surface area contributed by atoms with Gasteiger partial charge >= 0.3 is 0 Å². The number of primary amides is 1. The molecule has 4 N–H and O–H groups in total. The Balaban J connectivity index is 3.07. The first kappa shape index (κ1) is 17.2. The Morgan fingerprint density at radius 2 is 1.86 bits per heavy atom. The van der Waals surface area contributed by atoms with E-state index in [9.17, 15) is 4.79 Å². The number of carbonyl (C=O) groups is 1. The van der Waals surface area contributed by atoms with Crippen molar-refractivity contribution in [2.24, 2.45) is 5.73 Å². The van der Waals surface area contributed by atoms with Crippen LogP contribution >= 0.6 is 0 Å². The number of aromatic nitrogens is 2. The van der Waals surface area contributed by atoms with E-state index < -0.39 is 5.54 Å². The van der Waals surface area contributed by atoms with Gasteiger partial charge in [0, 0.05) is 30.5 Å². The molecule has 0 aromatic carbocycles. The number of aryl methyl sites for hydroxylation is 1. The molecular weight excluding hydrogens is 266 g/mol. The fraction of sp³-hybridized carbons (Fsp3) is 0.667. The van der Waals surface area contributed by atoms with Crippen molar-refractivity contribution >= 4 is 17.5 Å². The molecule has 0 saturated heterocycles. The van der Waals surface area contributed by atoms with Gasteiger partial charge < -0.3 is 16.4 Å². The molecule has 1 rings (SSSR count). The number of amides is 1. The van der Waals surface area contributed by atoms with Crippen molar-refractivity contribution in [2.75, 3.05) is 17.2 Å². The summed E-state index contributed by atoms with van der Waals surface area (Å²) in [6.07, 6.45) is 2.03. The lowest BCUT2D eigenvalue weighted by Gasteiger charge is -2.27. The Kier molecular flexibility index (Phi) is 5.93. The number of rotatable bonds is 8. The summed E-state index contributed by atoms with van der Waals surface area (Å²) in [6, 6.07) is 0. The zero-order valence-corrected chi connectivity index (χ0v) is 13.7. The van der Waals surface area contributed by atoms with Crippen LogP contribution in [0.4, 0.5) is 11.6 Å². The summed E-state index contributed by atoms with van der Waals surface area (Å²) in [7, 11) is 0. The molecule has 0 aliphatic rings. The predicted octanol–water partition coefficient (Wildman–Crippen LogP) is 2.24. The van der Waals surface area contributed by atoms with Crippen molar-refractivity contribution in [2.45, 2.75) is 59.4 Å². The largest absolute Gasteiger partial charge is 0.370 e. The second-order valence-corrected chi connectivity index (χ2v) is 5.89. The smallest absolute Gasteiger partial charge is 0.219 e. The molecule has 1 amide bonds. The minimum atomic E-state index is -0.446. The molecule has 21 heavy (non-hydrogen) atoms. The Hall–Kier alpha value is -1.85. The molecular formula is C15H27N5O. The third-order valence-electron chi connectivity index (χ3n) is 3.12. The van der Waals surface area contributed by atoms with Crippen molar-refractivity contribution in [1.29, 1.82) is 0 Å². The molecule has 0 spiro atoms. The Morgan fingerprint density at radius 3 is 2.38 bits per heavy atom. The fourth-order valence-electron chi connectivity index (χ4n) is 2.06. The number of anilines is 2. The van der Waals surface area contributed by atoms with E-state index in [0.29, 0.717) is 0 Å². The highest BCUT2D eigenvalue weighted by Crippen LogP contribution is 2.24. The van der Waals surface area contributed by atoms with E-state index in [1.54, 1.807) is 0 Å². The van der Waals surface area contributed by atoms with Crippen LogP contribution in [0.15, 0.2) is 0 Å². The van der Waals surface area contributed by atoms with Crippen LogP contribution in [-0.2, 0) is 11.2 Å². The Morgan fingerprint density at radius 1 is 1.24 bits per heavy atom. The summed E-state index contributed by atoms with van der Waals surface area (Å²) < 4.78 is 0. The van der Waals surface area contributed by atoms with Crippen LogP contribution in [0.2, 0.25) is 0 Å². The maximum atomic E-state index is 11.2. The lowest BCUT2D eigenvalue weighted by atomic mass is 10.00. The van der Waals surface area contributed by atoms with E-state index in [0.717, 1.165) is 42.4 Å². The van der Waals surface area contributed by atoms with E-state index >= 15 is 0 Å². The predicted molar refractivity (Wildman–Crippen MR) is 86.4 cm³/mol. The quantitative estimate of drug-likeness (QED) is 0.683. The highest BCUT2D eigenvalue weighted by Gasteiger charge is 2.23. The molecule has 0 saturated carbocycles. The van der Waals surface area contributed by atoms with Crippen LogP contribution in [-0.4, -0.2) is 28.0 Å². The summed E-state index contributed by atoms with van der Waals surface area (Å²) in [4.78, 5) is 20.2. The summed E-state index contributed by atoms with van der Waals surface area (Å²) in [6.45, 7) is 10.8. The van der Waals surface area contributed by atoms with Gasteiger partial charge in [-0.25, -0.2) is 9.97 Å². The van der Waals surface area contributed by atoms with Gasteiger partial charge in [-0.3, -0.25) is 4.79 Å². The minimum absolute atomic E-state index is 0.246. The summed E-state index contributed by atoms with van der Waals surface area (Å²) in [5, 5.41) is 6.64. The van der Waals surface area contributed by atoms with E-state index in [2.05, 4.69) is 27.5 Å². The highest BCUT2D eigenvalue weighted by molar-refractivity contribution is 5.75. The summed E-state index contributed by atoms with van der Waals surface area (Å²) >= 11 is 0. The molecule has 0 aliphatic carbocycles. The third-order valence-corrected chi connectivity index (χ3v) is 3.12. The van der Waals surface area contributed by atoms with Gasteiger partial charge in [-0.2, -0.15) is 0 Å². The van der Waals surface area contributed by atoms with Crippen molar-refractivity contribution in [3.05, 3.63) is 11.4 Å². The van der Waals surface area contributed by atoms with Gasteiger partial charge in [0.15, 0.2) is 0 Å². The van der Waals surface area contributed by atoms with Gasteiger partial charge in [-0.05, 0) is 27.2 Å². The van der Waals surface area contributed by atoms with Crippen LogP contribution in [0.25, 0.3) is 0 Å². The van der Waals surface area contributed by atoms with E-state index in [4.69, 9.17) is 5.73 Å². The number of nitrogens with zero attached hydrogens (tertiary/aromatic N) is 2. The molecule has 0 aliphatic heterocycles. The molecule has 6 nitrogen and oxygen atoms in total. The zero-order valence-electron chi connectivity index (χ0n) is 13.7. The molecule has 0 unspecified atom stereocenters. The van der Waals surface area contributed by atoms with Gasteiger partial charge in [0.1, 0.15) is 17.5 Å². The lowest BCUT2D eigenvalue weighted by Crippen LogP contribution is -2.36. The lowest BCUT2D eigenvalue weighted by molar-refractivity contribution is -0.118. The third kappa shape index (κ3) is 5.21. The van der Waals surface area contributed by atoms with Gasteiger partial charge in [-0.15, -0.1) is 0 Å². The average molecular weight is 293 g/mol. The zero-order chi connectivity index (χ0) is 16.0. The van der Waals surface area contributed by atoms with Crippen LogP contribution < -0.4 is 16.4 Å². The normalized spacial score (nSPS) is 11.3. The van der Waals surface area contributed by atoms with Crippen LogP contribution in [0.5, 0.6) is 0 Å². The van der Waals surface area contributed by atoms with E-state index in [1.165, 1.54) is 0 Å². The first-order valence-corrected chi connectivity index (χ1v) is 7.47. The number of nitrogens with two attached hydrogens (primary N) is 1. The number of nitrogens with one attached hydrogen (secondary N) is 2. The number of carbonyl (C=O) groups excluding carboxylic acids is 1. The van der Waals surface area contributed by atoms with Crippen LogP contribution in [0.1, 0.15) is 51.9 Å². The number of hydrogen-bond acceptors (Lipinski definition) is 5. The van der Waals surface area contributed by atoms with E-state index in [-0.39, 0.29) is 12.3 Å². The highest BCUT2D eigenvalue weighted by atomic mass is 16.1. The van der Waals surface area contributed by atoms with Crippen LogP contribution in [0, 0.1) is 6.92 Å². The molecule has 1 heterocycles. The average Bonchev–Trinajstić information content (AvgIpc) is 2.37. The maximum absolute atomic E-state index is 11.2. The number of hydrogen-bond donors (Lipinski definition) is 3. The topological polar surface area (TPSA) is 92.9 Å². The van der Waals surface area contributed by atoms with Crippen molar-refractivity contribution in [3.63, 3.8) is 0 Å². The molecule has 118 valence electrons. The molecule has 0 bridgehead atoms. The standard InChI is InChI=1S/C15H27N5O/c1-6-8-17-13-10(3)14(19-12(7-2)18-13)20-15(4,5)9-11(16)21/h6-9H2,1-5H3,(H2,16,21)(H2,17,18,19,20). The Labute approximate surface area is 126 Å². The van der Waals surface area contributed by atoms with Crippen molar-refractivity contribution in [3.8, 4) is 0 Å². The molecule has 0 radical (unpaired) electrons. The van der Waals surface area contributed by atoms with Gasteiger partial charge in [0.2, 0.25) is 5.91 Å². The maximum Gasteiger partial charge on any atom is 0.219 e. The second kappa shape index (κ2) is 7.24. The first-order chi connectivity index (χ1) is 9.79. The molecule has 1 aromatic heterocycles. The van der Waals surface area contributed by atoms with Gasteiger partial charge in [0.25, 0.3) is 0 Å². The fourth-order valence-corrected chi connectivity index (χ4v) is 2.06. The Bertz CT molecular complexity index is 499. The first-order valence-electron chi connectivity index (χ1n) is 7.47. The van der Waals surface area contributed by atoms with Crippen molar-refractivity contribution in [1.82, 2.24) is 9.97 Å². The van der Waals surface area contributed by atoms with Gasteiger partial charge in [-0.1, -0.05) is 13.8 Å². The van der Waals surface area contributed by atoms with E-state index in [1.807, 2.05) is 27.7 Å². The van der Waals surface area contributed by atoms with Crippen molar-refractivity contribution < 1.29 is 4.79 Å². The minimum Gasteiger partial charge on any atom is -0.370 e. The van der Waals surface area contributed by atoms with Gasteiger partial charge in [0.05, 0.1) is 0 Å². The summed E-state index contributed by atoms with van der Waals surface area (Å²) in [5.41, 5.74) is 5.81. The second-order valence-electron chi connectivity index (χ2n) is 5.89. The SMILES string of the molecule is CCCNc1nc(CC)nc(NC(C)(C)CC(N)=O)c1C.